The van der Waals surface area contributed by atoms with Crippen LogP contribution in [-0.2, 0) is 31.6 Å². The summed E-state index contributed by atoms with van der Waals surface area (Å²) in [5, 5.41) is 10.1. The number of aliphatic imine (C=N–C) groups is 1. The summed E-state index contributed by atoms with van der Waals surface area (Å²) < 4.78 is 54.0. The third kappa shape index (κ3) is 11.3. The van der Waals surface area contributed by atoms with Crippen molar-refractivity contribution in [2.24, 2.45) is 10.4 Å². The van der Waals surface area contributed by atoms with Gasteiger partial charge in [0.15, 0.2) is 5.84 Å². The summed E-state index contributed by atoms with van der Waals surface area (Å²) in [7, 11) is -7.33. The Morgan fingerprint density at radius 3 is 2.08 bits per heavy atom. The van der Waals surface area contributed by atoms with Crippen LogP contribution in [-0.4, -0.2) is 102 Å². The number of fused-ring (bicyclic) bond motifs is 2. The van der Waals surface area contributed by atoms with E-state index in [0.717, 1.165) is 60.5 Å². The molecule has 4 rings (SSSR count). The third-order valence-electron chi connectivity index (χ3n) is 5.74. The molecule has 0 atom stereocenters. The largest absolute Gasteiger partial charge is 0.481 e. The molecule has 1 aromatic heterocycles. The quantitative estimate of drug-likeness (QED) is 0.441. The zero-order valence-corrected chi connectivity index (χ0v) is 24.9. The van der Waals surface area contributed by atoms with Crippen molar-refractivity contribution in [3.05, 3.63) is 52.3 Å². The standard InChI is InChI=1S/C22H27ClN4O2.2CH4O3S/c1-15-10-19-20(24-18-5-4-17(23)11-16(18)13-27(19)12-15)26-8-6-25(7-9-26)14-22(2,3)21(28)29;2*1-5(2,3)4/h4-5,10-12H,6-9,13-14H2,1-3H3,(H,28,29);2*1H3,(H,2,3,4). The Balaban J connectivity index is 0.000000458. The second-order valence-corrected chi connectivity index (χ2v) is 13.5. The Morgan fingerprint density at radius 1 is 1.03 bits per heavy atom. The van der Waals surface area contributed by atoms with Crippen molar-refractivity contribution >= 4 is 49.3 Å². The molecular weight excluding hydrogens is 572 g/mol. The lowest BCUT2D eigenvalue weighted by Gasteiger charge is -2.38. The Bertz CT molecular complexity index is 1380. The summed E-state index contributed by atoms with van der Waals surface area (Å²) in [6.07, 6.45) is 3.59. The molecule has 2 aromatic rings. The number of aromatic nitrogens is 1. The number of amidine groups is 1. The number of piperazine rings is 1. The average Bonchev–Trinajstić information content (AvgIpc) is 3.04. The lowest BCUT2D eigenvalue weighted by molar-refractivity contribution is -0.148. The fraction of sp³-hybridized carbons (Fsp3) is 0.500. The first-order valence-corrected chi connectivity index (χ1v) is 15.9. The van der Waals surface area contributed by atoms with Crippen LogP contribution in [0.4, 0.5) is 5.69 Å². The number of carboxylic acids is 1. The van der Waals surface area contributed by atoms with Crippen molar-refractivity contribution < 1.29 is 35.8 Å². The number of benzene rings is 1. The van der Waals surface area contributed by atoms with Gasteiger partial charge in [-0.3, -0.25) is 18.8 Å². The monoisotopic (exact) mass is 606 g/mol. The molecule has 0 aliphatic carbocycles. The number of nitrogens with zero attached hydrogens (tertiary/aromatic N) is 4. The Hall–Kier alpha value is -2.49. The van der Waals surface area contributed by atoms with Gasteiger partial charge in [-0.1, -0.05) is 11.6 Å². The maximum atomic E-state index is 11.5. The molecule has 1 fully saturated rings. The van der Waals surface area contributed by atoms with Crippen LogP contribution in [0.2, 0.25) is 5.02 Å². The maximum Gasteiger partial charge on any atom is 0.310 e. The lowest BCUT2D eigenvalue weighted by Crippen LogP contribution is -2.52. The predicted octanol–water partition coefficient (Wildman–Crippen LogP) is 2.63. The average molecular weight is 607 g/mol. The van der Waals surface area contributed by atoms with Crippen molar-refractivity contribution in [3.63, 3.8) is 0 Å². The number of carboxylic acid groups (broad SMARTS) is 1. The highest BCUT2D eigenvalue weighted by atomic mass is 35.5. The number of hydrogen-bond donors (Lipinski definition) is 3. The van der Waals surface area contributed by atoms with Crippen LogP contribution in [0.15, 0.2) is 35.5 Å². The van der Waals surface area contributed by atoms with Crippen LogP contribution in [0, 0.1) is 12.3 Å². The van der Waals surface area contributed by atoms with Crippen molar-refractivity contribution in [1.82, 2.24) is 14.4 Å². The zero-order chi connectivity index (χ0) is 29.8. The first-order valence-electron chi connectivity index (χ1n) is 11.8. The van der Waals surface area contributed by atoms with Gasteiger partial charge in [-0.05, 0) is 56.2 Å². The molecule has 218 valence electrons. The second kappa shape index (κ2) is 12.8. The molecule has 3 N–H and O–H groups in total. The van der Waals surface area contributed by atoms with Gasteiger partial charge in [0.1, 0.15) is 0 Å². The van der Waals surface area contributed by atoms with Gasteiger partial charge in [0.25, 0.3) is 20.2 Å². The van der Waals surface area contributed by atoms with Gasteiger partial charge in [0.05, 0.1) is 29.3 Å². The molecule has 0 spiro atoms. The van der Waals surface area contributed by atoms with Crippen molar-refractivity contribution in [3.8, 4) is 0 Å². The fourth-order valence-electron chi connectivity index (χ4n) is 4.10. The minimum Gasteiger partial charge on any atom is -0.481 e. The molecule has 0 saturated carbocycles. The summed E-state index contributed by atoms with van der Waals surface area (Å²) in [5.41, 5.74) is 3.66. The molecule has 15 heteroatoms. The molecule has 1 saturated heterocycles. The van der Waals surface area contributed by atoms with E-state index in [0.29, 0.717) is 19.1 Å². The normalized spacial score (nSPS) is 15.9. The smallest absolute Gasteiger partial charge is 0.310 e. The van der Waals surface area contributed by atoms with Crippen LogP contribution in [0.25, 0.3) is 0 Å². The van der Waals surface area contributed by atoms with E-state index in [1.54, 1.807) is 13.8 Å². The van der Waals surface area contributed by atoms with Gasteiger partial charge in [0.2, 0.25) is 0 Å². The van der Waals surface area contributed by atoms with Gasteiger partial charge in [0, 0.05) is 50.5 Å². The zero-order valence-electron chi connectivity index (χ0n) is 22.5. The van der Waals surface area contributed by atoms with Gasteiger partial charge in [-0.2, -0.15) is 16.8 Å². The summed E-state index contributed by atoms with van der Waals surface area (Å²) >= 11 is 6.22. The van der Waals surface area contributed by atoms with E-state index in [-0.39, 0.29) is 0 Å². The summed E-state index contributed by atoms with van der Waals surface area (Å²) in [6, 6.07) is 8.06. The highest BCUT2D eigenvalue weighted by Crippen LogP contribution is 2.30. The van der Waals surface area contributed by atoms with E-state index in [1.807, 2.05) is 18.2 Å². The first kappa shape index (κ1) is 32.7. The summed E-state index contributed by atoms with van der Waals surface area (Å²) in [5.74, 6) is 0.230. The number of carbonyl (C=O) groups is 1. The highest BCUT2D eigenvalue weighted by Gasteiger charge is 2.32. The summed E-state index contributed by atoms with van der Waals surface area (Å²) in [6.45, 7) is 10.3. The van der Waals surface area contributed by atoms with Crippen LogP contribution >= 0.6 is 11.6 Å². The second-order valence-electron chi connectivity index (χ2n) is 10.2. The molecule has 0 amide bonds. The Kier molecular flexibility index (Phi) is 10.7. The molecule has 0 radical (unpaired) electrons. The molecule has 3 heterocycles. The Labute approximate surface area is 234 Å². The van der Waals surface area contributed by atoms with E-state index in [9.17, 15) is 26.7 Å². The van der Waals surface area contributed by atoms with Gasteiger partial charge in [-0.25, -0.2) is 4.99 Å². The van der Waals surface area contributed by atoms with E-state index in [4.69, 9.17) is 25.7 Å². The molecule has 0 unspecified atom stereocenters. The van der Waals surface area contributed by atoms with Crippen molar-refractivity contribution in [1.29, 1.82) is 0 Å². The topological polar surface area (TPSA) is 170 Å². The number of aliphatic carboxylic acids is 1. The van der Waals surface area contributed by atoms with Crippen LogP contribution in [0.3, 0.4) is 0 Å². The van der Waals surface area contributed by atoms with Crippen LogP contribution < -0.4 is 0 Å². The molecule has 39 heavy (non-hydrogen) atoms. The third-order valence-corrected chi connectivity index (χ3v) is 5.98. The number of rotatable bonds is 3. The predicted molar refractivity (Wildman–Crippen MR) is 150 cm³/mol. The molecule has 2 aliphatic heterocycles. The molecule has 2 aliphatic rings. The van der Waals surface area contributed by atoms with Gasteiger partial charge in [-0.15, -0.1) is 0 Å². The minimum absolute atomic E-state index is 0.555. The van der Waals surface area contributed by atoms with E-state index in [2.05, 4.69) is 33.6 Å². The van der Waals surface area contributed by atoms with E-state index < -0.39 is 31.6 Å². The van der Waals surface area contributed by atoms with E-state index in [1.165, 1.54) is 5.56 Å². The minimum atomic E-state index is -3.67. The number of halogens is 1. The lowest BCUT2D eigenvalue weighted by atomic mass is 9.93. The van der Waals surface area contributed by atoms with Crippen molar-refractivity contribution in [2.45, 2.75) is 27.3 Å². The molecular formula is C24H35ClN4O8S2. The van der Waals surface area contributed by atoms with Gasteiger partial charge < -0.3 is 14.6 Å². The van der Waals surface area contributed by atoms with Gasteiger partial charge >= 0.3 is 5.97 Å². The van der Waals surface area contributed by atoms with E-state index >= 15 is 0 Å². The maximum absolute atomic E-state index is 11.5. The molecule has 12 nitrogen and oxygen atoms in total. The first-order chi connectivity index (χ1) is 17.7. The number of hydrogen-bond acceptors (Lipinski definition) is 8. The highest BCUT2D eigenvalue weighted by molar-refractivity contribution is 7.85. The fourth-order valence-corrected chi connectivity index (χ4v) is 4.29. The summed E-state index contributed by atoms with van der Waals surface area (Å²) in [4.78, 5) is 21.0. The van der Waals surface area contributed by atoms with Crippen LogP contribution in [0.1, 0.15) is 30.7 Å². The molecule has 1 aromatic carbocycles. The SMILES string of the molecule is CS(=O)(=O)O.CS(=O)(=O)O.Cc1cc2n(c1)Cc1cc(Cl)ccc1N=C2N1CCN(CC(C)(C)C(=O)O)CC1. The molecule has 0 bridgehead atoms. The van der Waals surface area contributed by atoms with Crippen LogP contribution in [0.5, 0.6) is 0 Å². The van der Waals surface area contributed by atoms with Crippen molar-refractivity contribution in [2.75, 3.05) is 45.2 Å². The number of aryl methyl sites for hydroxylation is 1. The Morgan fingerprint density at radius 2 is 1.56 bits per heavy atom.